The molecule has 34 heavy (non-hydrogen) atoms. The molecule has 10 atom stereocenters. The van der Waals surface area contributed by atoms with Gasteiger partial charge in [-0.1, -0.05) is 67.0 Å². The van der Waals surface area contributed by atoms with Gasteiger partial charge in [-0.25, -0.2) is 0 Å². The van der Waals surface area contributed by atoms with Crippen LogP contribution in [0.4, 0.5) is 0 Å². The molecule has 192 valence electrons. The van der Waals surface area contributed by atoms with Crippen LogP contribution in [0.5, 0.6) is 0 Å². The Hall–Kier alpha value is -0.830. The molecule has 3 heteroatoms. The summed E-state index contributed by atoms with van der Waals surface area (Å²) in [4.78, 5) is 12.9. The lowest BCUT2D eigenvalue weighted by Crippen LogP contribution is -2.69. The van der Waals surface area contributed by atoms with Crippen LogP contribution in [-0.4, -0.2) is 22.3 Å². The average Bonchev–Trinajstić information content (AvgIpc) is 2.76. The number of aliphatic carboxylic acids is 1. The van der Waals surface area contributed by atoms with E-state index in [-0.39, 0.29) is 39.1 Å². The van der Waals surface area contributed by atoms with Gasteiger partial charge in [-0.2, -0.15) is 0 Å². The molecule has 4 fully saturated rings. The molecule has 0 amide bonds. The standard InChI is InChI=1S/C31H50O3/c1-19-9-16-31(25(33)34)18-17-27(5)21(24(31)20(19)2)10-14-30(8)28(6)13-12-23(32)26(3,4)22(28)11-15-29(27,30)7/h10,19-20,22-24,32H,9,11-18H2,1-8H3,(H,33,34)/t19-,20+,22+,23+,24+,27-,28+,29+,30-,31+/m1/s1. The summed E-state index contributed by atoms with van der Waals surface area (Å²) in [7, 11) is 0. The van der Waals surface area contributed by atoms with E-state index in [2.05, 4.69) is 61.5 Å². The van der Waals surface area contributed by atoms with Crippen molar-refractivity contribution in [3.05, 3.63) is 11.6 Å². The summed E-state index contributed by atoms with van der Waals surface area (Å²) in [6, 6.07) is 0. The highest BCUT2D eigenvalue weighted by molar-refractivity contribution is 5.76. The largest absolute Gasteiger partial charge is 0.481 e. The third kappa shape index (κ3) is 2.57. The van der Waals surface area contributed by atoms with Crippen molar-refractivity contribution in [2.45, 2.75) is 119 Å². The van der Waals surface area contributed by atoms with E-state index in [0.29, 0.717) is 17.8 Å². The Morgan fingerprint density at radius 3 is 2.21 bits per heavy atom. The molecule has 0 spiro atoms. The predicted molar refractivity (Wildman–Crippen MR) is 137 cm³/mol. The summed E-state index contributed by atoms with van der Waals surface area (Å²) in [5, 5.41) is 21.5. The minimum absolute atomic E-state index is 0.0448. The van der Waals surface area contributed by atoms with Gasteiger partial charge in [0, 0.05) is 0 Å². The molecule has 2 N–H and O–H groups in total. The molecule has 0 radical (unpaired) electrons. The maximum Gasteiger partial charge on any atom is 0.310 e. The number of allylic oxidation sites excluding steroid dienone is 2. The van der Waals surface area contributed by atoms with E-state index >= 15 is 0 Å². The van der Waals surface area contributed by atoms with Crippen LogP contribution in [0.3, 0.4) is 0 Å². The Morgan fingerprint density at radius 2 is 1.56 bits per heavy atom. The van der Waals surface area contributed by atoms with Crippen molar-refractivity contribution in [1.29, 1.82) is 0 Å². The summed E-state index contributed by atoms with van der Waals surface area (Å²) in [6.45, 7) is 19.6. The molecule has 0 aromatic heterocycles. The van der Waals surface area contributed by atoms with Crippen LogP contribution in [0, 0.1) is 56.2 Å². The van der Waals surface area contributed by atoms with Crippen LogP contribution in [0.2, 0.25) is 0 Å². The van der Waals surface area contributed by atoms with Gasteiger partial charge in [0.25, 0.3) is 0 Å². The normalized spacial score (nSPS) is 56.3. The van der Waals surface area contributed by atoms with Gasteiger partial charge >= 0.3 is 5.97 Å². The van der Waals surface area contributed by atoms with Crippen molar-refractivity contribution in [2.75, 3.05) is 0 Å². The number of hydrogen-bond acceptors (Lipinski definition) is 2. The topological polar surface area (TPSA) is 57.5 Å². The zero-order chi connectivity index (χ0) is 25.1. The zero-order valence-electron chi connectivity index (χ0n) is 23.1. The second-order valence-electron chi connectivity index (χ2n) is 15.1. The molecule has 0 saturated heterocycles. The van der Waals surface area contributed by atoms with Crippen LogP contribution in [-0.2, 0) is 4.79 Å². The van der Waals surface area contributed by atoms with E-state index in [4.69, 9.17) is 0 Å². The fourth-order valence-corrected chi connectivity index (χ4v) is 11.2. The van der Waals surface area contributed by atoms with Crippen molar-refractivity contribution < 1.29 is 15.0 Å². The van der Waals surface area contributed by atoms with Gasteiger partial charge < -0.3 is 10.2 Å². The summed E-state index contributed by atoms with van der Waals surface area (Å²) in [5.41, 5.74) is 1.39. The maximum atomic E-state index is 12.9. The monoisotopic (exact) mass is 470 g/mol. The van der Waals surface area contributed by atoms with E-state index in [9.17, 15) is 15.0 Å². The number of aliphatic hydroxyl groups is 1. The molecule has 0 aromatic carbocycles. The number of aliphatic hydroxyl groups excluding tert-OH is 1. The first-order valence-electron chi connectivity index (χ1n) is 14.2. The van der Waals surface area contributed by atoms with E-state index in [0.717, 1.165) is 44.9 Å². The van der Waals surface area contributed by atoms with E-state index in [1.165, 1.54) is 18.4 Å². The molecule has 0 aromatic rings. The van der Waals surface area contributed by atoms with Crippen molar-refractivity contribution in [2.24, 2.45) is 56.2 Å². The highest BCUT2D eigenvalue weighted by Gasteiger charge is 2.73. The van der Waals surface area contributed by atoms with E-state index < -0.39 is 11.4 Å². The van der Waals surface area contributed by atoms with Crippen molar-refractivity contribution >= 4 is 5.97 Å². The lowest BCUT2D eigenvalue weighted by Gasteiger charge is -2.75. The number of carboxylic acids is 1. The quantitative estimate of drug-likeness (QED) is 0.391. The first-order chi connectivity index (χ1) is 15.6. The first-order valence-corrected chi connectivity index (χ1v) is 14.2. The van der Waals surface area contributed by atoms with Crippen LogP contribution in [0.15, 0.2) is 11.6 Å². The summed E-state index contributed by atoms with van der Waals surface area (Å²) < 4.78 is 0. The molecule has 5 aliphatic rings. The molecule has 0 unspecified atom stereocenters. The van der Waals surface area contributed by atoms with Gasteiger partial charge in [0.1, 0.15) is 0 Å². The van der Waals surface area contributed by atoms with Gasteiger partial charge in [-0.15, -0.1) is 0 Å². The van der Waals surface area contributed by atoms with Gasteiger partial charge in [0.15, 0.2) is 0 Å². The first kappa shape index (κ1) is 24.8. The molecule has 3 nitrogen and oxygen atoms in total. The molecular weight excluding hydrogens is 420 g/mol. The maximum absolute atomic E-state index is 12.9. The molecular formula is C31H50O3. The van der Waals surface area contributed by atoms with Crippen LogP contribution in [0.25, 0.3) is 0 Å². The number of rotatable bonds is 1. The SMILES string of the molecule is C[C@H]1[C@H](C)CC[C@]2(C(=O)O)CC[C@]3(C)C(=CC[C@@]4(C)[C@@]3(C)CC[C@H]3C(C)(C)[C@@H](O)CC[C@@]34C)[C@H]12. The van der Waals surface area contributed by atoms with Crippen molar-refractivity contribution in [3.63, 3.8) is 0 Å². The summed E-state index contributed by atoms with van der Waals surface area (Å²) >= 11 is 0. The minimum atomic E-state index is -0.570. The lowest BCUT2D eigenvalue weighted by molar-refractivity contribution is -0.250. The average molecular weight is 471 g/mol. The minimum Gasteiger partial charge on any atom is -0.481 e. The smallest absolute Gasteiger partial charge is 0.310 e. The summed E-state index contributed by atoms with van der Waals surface area (Å²) in [6.07, 6.45) is 11.5. The van der Waals surface area contributed by atoms with Gasteiger partial charge in [-0.3, -0.25) is 4.79 Å². The van der Waals surface area contributed by atoms with E-state index in [1.54, 1.807) is 0 Å². The van der Waals surface area contributed by atoms with Gasteiger partial charge in [0.2, 0.25) is 0 Å². The van der Waals surface area contributed by atoms with Gasteiger partial charge in [0.05, 0.1) is 11.5 Å². The Kier molecular flexibility index (Phi) is 5.22. The predicted octanol–water partition coefficient (Wildman–Crippen LogP) is 7.48. The number of hydrogen-bond donors (Lipinski definition) is 2. The lowest BCUT2D eigenvalue weighted by atomic mass is 9.29. The molecule has 0 aliphatic heterocycles. The molecule has 0 bridgehead atoms. The number of fused-ring (bicyclic) bond motifs is 7. The van der Waals surface area contributed by atoms with Crippen molar-refractivity contribution in [3.8, 4) is 0 Å². The van der Waals surface area contributed by atoms with Gasteiger partial charge in [-0.05, 0) is 109 Å². The third-order valence-electron chi connectivity index (χ3n) is 14.4. The fraction of sp³-hybridized carbons (Fsp3) is 0.903. The summed E-state index contributed by atoms with van der Waals surface area (Å²) in [5.74, 6) is 1.14. The Bertz CT molecular complexity index is 920. The number of carbonyl (C=O) groups is 1. The Labute approximate surface area is 208 Å². The Morgan fingerprint density at radius 1 is 0.882 bits per heavy atom. The molecule has 0 heterocycles. The Balaban J connectivity index is 1.66. The van der Waals surface area contributed by atoms with E-state index in [1.807, 2.05) is 0 Å². The van der Waals surface area contributed by atoms with Crippen LogP contribution < -0.4 is 0 Å². The highest BCUT2D eigenvalue weighted by Crippen LogP contribution is 2.80. The molecule has 5 rings (SSSR count). The van der Waals surface area contributed by atoms with Crippen LogP contribution >= 0.6 is 0 Å². The highest BCUT2D eigenvalue weighted by atomic mass is 16.4. The van der Waals surface area contributed by atoms with Crippen molar-refractivity contribution in [1.82, 2.24) is 0 Å². The number of carboxylic acid groups (broad SMARTS) is 1. The molecule has 5 aliphatic carbocycles. The zero-order valence-corrected chi connectivity index (χ0v) is 23.1. The second kappa shape index (κ2) is 7.14. The molecule has 4 saturated carbocycles. The van der Waals surface area contributed by atoms with Crippen LogP contribution in [0.1, 0.15) is 113 Å². The third-order valence-corrected chi connectivity index (χ3v) is 14.4. The second-order valence-corrected chi connectivity index (χ2v) is 15.1. The fourth-order valence-electron chi connectivity index (χ4n) is 11.2.